The van der Waals surface area contributed by atoms with Crippen molar-refractivity contribution in [3.05, 3.63) is 37.4 Å². The van der Waals surface area contributed by atoms with Crippen molar-refractivity contribution >= 4 is 21.8 Å². The normalized spacial score (nSPS) is 10.2. The molecule has 0 bridgehead atoms. The zero-order chi connectivity index (χ0) is 16.5. The molecule has 2 rings (SSSR count). The maximum atomic E-state index is 9.02. The van der Waals surface area contributed by atoms with Crippen LogP contribution in [0.15, 0.2) is 37.4 Å². The van der Waals surface area contributed by atoms with E-state index in [0.29, 0.717) is 0 Å². The van der Waals surface area contributed by atoms with Gasteiger partial charge in [-0.2, -0.15) is 0 Å². The molecule has 0 N–H and O–H groups in total. The number of nitrogens with zero attached hydrogens (tertiary/aromatic N) is 4. The number of halogens is 1. The summed E-state index contributed by atoms with van der Waals surface area (Å²) in [6, 6.07) is 0. The molecule has 0 amide bonds. The first-order chi connectivity index (χ1) is 9.65. The van der Waals surface area contributed by atoms with E-state index in [2.05, 4.69) is 48.0 Å². The lowest BCUT2D eigenvalue weighted by Gasteiger charge is -2.18. The number of aromatic nitrogens is 4. The molecule has 120 valence electrons. The maximum Gasteiger partial charge on any atom is 0.243 e. The largest absolute Gasteiger partial charge is 0.803 e. The molecular formula is C12H22BrN4O3P. The van der Waals surface area contributed by atoms with Crippen LogP contribution >= 0.6 is 21.8 Å². The van der Waals surface area contributed by atoms with Crippen molar-refractivity contribution in [2.75, 3.05) is 0 Å². The quantitative estimate of drug-likeness (QED) is 0.537. The second-order valence-electron chi connectivity index (χ2n) is 4.25. The van der Waals surface area contributed by atoms with Crippen LogP contribution in [0.3, 0.4) is 0 Å². The standard InChI is InChI=1S/2C6H11N2.BrH2O3P/c2*1-3-8-5-4-7(2)6-8;1-5(2,3)4/h2*4-6H,3H2,1-2H3;(H2,2,3,4)/q2*+1;/p-2. The third-order valence-corrected chi connectivity index (χ3v) is 2.38. The summed E-state index contributed by atoms with van der Waals surface area (Å²) >= 11 is 1.82. The summed E-state index contributed by atoms with van der Waals surface area (Å²) in [5, 5.41) is 0. The molecule has 9 heteroatoms. The second kappa shape index (κ2) is 9.89. The van der Waals surface area contributed by atoms with Crippen molar-refractivity contribution in [1.29, 1.82) is 0 Å². The Balaban J connectivity index is 0.000000296. The fourth-order valence-electron chi connectivity index (χ4n) is 1.38. The average Bonchev–Trinajstić information content (AvgIpc) is 2.96. The highest BCUT2D eigenvalue weighted by atomic mass is 79.9. The summed E-state index contributed by atoms with van der Waals surface area (Å²) in [7, 11) is 4.04. The Morgan fingerprint density at radius 2 is 1.29 bits per heavy atom. The number of imidazole rings is 2. The fourth-order valence-corrected chi connectivity index (χ4v) is 1.38. The summed E-state index contributed by atoms with van der Waals surface area (Å²) in [4.78, 5) is 18.0. The van der Waals surface area contributed by atoms with Crippen molar-refractivity contribution in [3.63, 3.8) is 0 Å². The Kier molecular flexibility index (Phi) is 9.44. The predicted molar refractivity (Wildman–Crippen MR) is 79.1 cm³/mol. The molecule has 2 heterocycles. The molecular weight excluding hydrogens is 359 g/mol. The van der Waals surface area contributed by atoms with E-state index in [1.54, 1.807) is 0 Å². The predicted octanol–water partition coefficient (Wildman–Crippen LogP) is -0.125. The zero-order valence-electron chi connectivity index (χ0n) is 12.7. The van der Waals surface area contributed by atoms with Gasteiger partial charge in [-0.25, -0.2) is 18.3 Å². The summed E-state index contributed by atoms with van der Waals surface area (Å²) in [6.07, 6.45) is 7.96. The van der Waals surface area contributed by atoms with E-state index in [0.717, 1.165) is 13.1 Å². The first-order valence-corrected chi connectivity index (χ1v) is 9.95. The van der Waals surface area contributed by atoms with Gasteiger partial charge in [0.15, 0.2) is 0 Å². The van der Waals surface area contributed by atoms with Gasteiger partial charge in [0.2, 0.25) is 12.7 Å². The van der Waals surface area contributed by atoms with Crippen LogP contribution in [0, 0.1) is 0 Å². The summed E-state index contributed by atoms with van der Waals surface area (Å²) < 4.78 is 17.3. The van der Waals surface area contributed by atoms with Gasteiger partial charge in [0.05, 0.1) is 27.2 Å². The molecule has 0 unspecified atom stereocenters. The van der Waals surface area contributed by atoms with Crippen LogP contribution < -0.4 is 18.9 Å². The van der Waals surface area contributed by atoms with Crippen LogP contribution in [-0.2, 0) is 31.7 Å². The van der Waals surface area contributed by atoms with E-state index < -0.39 is 6.30 Å². The molecule has 0 aliphatic heterocycles. The molecule has 0 atom stereocenters. The van der Waals surface area contributed by atoms with Gasteiger partial charge >= 0.3 is 0 Å². The fraction of sp³-hybridized carbons (Fsp3) is 0.500. The number of hydrogen-bond acceptors (Lipinski definition) is 3. The highest BCUT2D eigenvalue weighted by molar-refractivity contribution is 9.38. The van der Waals surface area contributed by atoms with E-state index in [9.17, 15) is 0 Å². The van der Waals surface area contributed by atoms with Gasteiger partial charge in [0.25, 0.3) is 0 Å². The van der Waals surface area contributed by atoms with Gasteiger partial charge in [0.1, 0.15) is 24.8 Å². The van der Waals surface area contributed by atoms with Crippen molar-refractivity contribution in [2.45, 2.75) is 26.9 Å². The first kappa shape index (κ1) is 20.1. The van der Waals surface area contributed by atoms with Gasteiger partial charge in [-0.05, 0) is 13.8 Å². The second-order valence-corrected chi connectivity index (χ2v) is 7.72. The monoisotopic (exact) mass is 380 g/mol. The van der Waals surface area contributed by atoms with Gasteiger partial charge in [0, 0.05) is 6.30 Å². The number of aryl methyl sites for hydroxylation is 4. The molecule has 0 saturated carbocycles. The van der Waals surface area contributed by atoms with Crippen molar-refractivity contribution in [2.24, 2.45) is 14.1 Å². The van der Waals surface area contributed by atoms with Crippen LogP contribution in [-0.4, -0.2) is 9.13 Å². The molecule has 0 aliphatic rings. The van der Waals surface area contributed by atoms with Crippen LogP contribution in [0.25, 0.3) is 0 Å². The molecule has 0 aromatic carbocycles. The SMILES string of the molecule is CCn1cc[n+](C)c1.CCn1cc[n+](C)c1.O=P([O-])([O-])Br. The number of rotatable bonds is 2. The molecule has 7 nitrogen and oxygen atoms in total. The van der Waals surface area contributed by atoms with Crippen LogP contribution in [0.5, 0.6) is 0 Å². The van der Waals surface area contributed by atoms with Gasteiger partial charge in [-0.1, -0.05) is 15.5 Å². The maximum absolute atomic E-state index is 9.02. The highest BCUT2D eigenvalue weighted by Crippen LogP contribution is 2.32. The van der Waals surface area contributed by atoms with Crippen LogP contribution in [0.1, 0.15) is 13.8 Å². The molecule has 0 aliphatic carbocycles. The number of hydrogen-bond donors (Lipinski definition) is 0. The zero-order valence-corrected chi connectivity index (χ0v) is 15.2. The third-order valence-electron chi connectivity index (χ3n) is 2.38. The van der Waals surface area contributed by atoms with Crippen molar-refractivity contribution in [3.8, 4) is 0 Å². The lowest BCUT2D eigenvalue weighted by Crippen LogP contribution is -2.23. The topological polar surface area (TPSA) is 80.8 Å². The van der Waals surface area contributed by atoms with E-state index in [-0.39, 0.29) is 0 Å². The third kappa shape index (κ3) is 12.5. The lowest BCUT2D eigenvalue weighted by atomic mass is 10.7. The van der Waals surface area contributed by atoms with Crippen LogP contribution in [0.2, 0.25) is 0 Å². The molecule has 2 aromatic heterocycles. The average molecular weight is 381 g/mol. The molecule has 0 radical (unpaired) electrons. The Bertz CT molecular complexity index is 516. The summed E-state index contributed by atoms with van der Waals surface area (Å²) in [6.45, 7) is 6.36. The van der Waals surface area contributed by atoms with Crippen molar-refractivity contribution < 1.29 is 23.5 Å². The smallest absolute Gasteiger partial charge is 0.243 e. The minimum Gasteiger partial charge on any atom is -0.803 e. The van der Waals surface area contributed by atoms with E-state index >= 15 is 0 Å². The Hall–Kier alpha value is -0.950. The molecule has 0 fully saturated rings. The molecule has 21 heavy (non-hydrogen) atoms. The van der Waals surface area contributed by atoms with Crippen LogP contribution in [0.4, 0.5) is 0 Å². The summed E-state index contributed by atoms with van der Waals surface area (Å²) in [5.74, 6) is 0. The van der Waals surface area contributed by atoms with E-state index in [4.69, 9.17) is 14.4 Å². The van der Waals surface area contributed by atoms with Gasteiger partial charge in [-0.3, -0.25) is 0 Å². The first-order valence-electron chi connectivity index (χ1n) is 6.39. The Morgan fingerprint density at radius 1 is 1.00 bits per heavy atom. The lowest BCUT2D eigenvalue weighted by molar-refractivity contribution is -0.671. The van der Waals surface area contributed by atoms with Gasteiger partial charge < -0.3 is 14.4 Å². The van der Waals surface area contributed by atoms with Crippen molar-refractivity contribution in [1.82, 2.24) is 9.13 Å². The van der Waals surface area contributed by atoms with E-state index in [1.165, 1.54) is 0 Å². The summed E-state index contributed by atoms with van der Waals surface area (Å²) in [5.41, 5.74) is 0. The Morgan fingerprint density at radius 3 is 1.38 bits per heavy atom. The minimum atomic E-state index is -4.33. The highest BCUT2D eigenvalue weighted by Gasteiger charge is 1.93. The Labute approximate surface area is 133 Å². The van der Waals surface area contributed by atoms with E-state index in [1.807, 2.05) is 51.1 Å². The molecule has 0 saturated heterocycles. The molecule has 0 spiro atoms. The molecule has 2 aromatic rings. The minimum absolute atomic E-state index is 1.06. The van der Waals surface area contributed by atoms with Gasteiger partial charge in [-0.15, -0.1) is 0 Å².